The molecule has 0 aliphatic heterocycles. The van der Waals surface area contributed by atoms with Gasteiger partial charge in [0.25, 0.3) is 0 Å². The topological polar surface area (TPSA) is 97.7 Å². The van der Waals surface area contributed by atoms with Crippen molar-refractivity contribution in [1.29, 1.82) is 0 Å². The summed E-state index contributed by atoms with van der Waals surface area (Å²) in [5, 5.41) is 0. The average molecular weight is 513 g/mol. The van der Waals surface area contributed by atoms with Crippen molar-refractivity contribution in [2.75, 3.05) is 0 Å². The molecule has 12 heteroatoms. The van der Waals surface area contributed by atoms with Crippen LogP contribution in [0.1, 0.15) is 76.0 Å². The van der Waals surface area contributed by atoms with Gasteiger partial charge in [-0.2, -0.15) is 25.6 Å². The van der Waals surface area contributed by atoms with E-state index < -0.39 is 59.0 Å². The maximum absolute atomic E-state index is 14.4. The monoisotopic (exact) mass is 512 g/mol. The van der Waals surface area contributed by atoms with Crippen LogP contribution in [0.3, 0.4) is 0 Å². The summed E-state index contributed by atoms with van der Waals surface area (Å²) < 4.78 is 119. The van der Waals surface area contributed by atoms with E-state index in [0.29, 0.717) is 0 Å². The van der Waals surface area contributed by atoms with E-state index in [1.54, 1.807) is 39.8 Å². The molecule has 2 aromatic carbocycles. The molecule has 0 saturated carbocycles. The van der Waals surface area contributed by atoms with Gasteiger partial charge in [-0.05, 0) is 34.4 Å². The van der Waals surface area contributed by atoms with Crippen LogP contribution >= 0.6 is 0 Å². The summed E-state index contributed by atoms with van der Waals surface area (Å²) in [5.41, 5.74) is 1.33. The lowest BCUT2D eigenvalue weighted by Crippen LogP contribution is -2.20. The third-order valence-corrected chi connectivity index (χ3v) is 7.20. The molecule has 0 saturated heterocycles. The van der Waals surface area contributed by atoms with E-state index in [0.717, 1.165) is 5.56 Å². The highest BCUT2D eigenvalue weighted by atomic mass is 32.2. The van der Waals surface area contributed by atoms with Gasteiger partial charge in [0.15, 0.2) is 16.5 Å². The molecule has 0 spiro atoms. The highest BCUT2D eigenvalue weighted by molar-refractivity contribution is 7.87. The number of rotatable bonds is 7. The Morgan fingerprint density at radius 2 is 1.09 bits per heavy atom. The zero-order valence-electron chi connectivity index (χ0n) is 18.7. The molecule has 0 amide bonds. The summed E-state index contributed by atoms with van der Waals surface area (Å²) in [6.45, 7) is 10.5. The average Bonchev–Trinajstić information content (AvgIpc) is 2.67. The Morgan fingerprint density at radius 3 is 1.39 bits per heavy atom. The Labute approximate surface area is 190 Å². The molecule has 0 radical (unpaired) electrons. The zero-order chi connectivity index (χ0) is 25.6. The first-order valence-electron chi connectivity index (χ1n) is 9.87. The lowest BCUT2D eigenvalue weighted by Gasteiger charge is -2.22. The first-order valence-corrected chi connectivity index (χ1v) is 12.7. The maximum Gasteiger partial charge on any atom is 0.339 e. The van der Waals surface area contributed by atoms with E-state index in [4.69, 9.17) is 4.55 Å². The van der Waals surface area contributed by atoms with Crippen LogP contribution < -0.4 is 4.18 Å². The second kappa shape index (κ2) is 9.22. The Morgan fingerprint density at radius 1 is 0.697 bits per heavy atom. The van der Waals surface area contributed by atoms with Crippen LogP contribution in [0.2, 0.25) is 0 Å². The molecular weight excluding hydrogens is 488 g/mol. The van der Waals surface area contributed by atoms with Crippen molar-refractivity contribution < 1.29 is 43.1 Å². The third-order valence-electron chi connectivity index (χ3n) is 4.96. The number of hydrogen-bond acceptors (Lipinski definition) is 5. The molecule has 0 aromatic heterocycles. The minimum absolute atomic E-state index is 0.0173. The largest absolute Gasteiger partial charge is 0.372 e. The van der Waals surface area contributed by atoms with E-state index in [9.17, 15) is 34.4 Å². The van der Waals surface area contributed by atoms with Crippen LogP contribution in [0, 0.1) is 23.3 Å². The summed E-state index contributed by atoms with van der Waals surface area (Å²) in [6.07, 6.45) is 0. The summed E-state index contributed by atoms with van der Waals surface area (Å²) in [6, 6.07) is 3.21. The first kappa shape index (κ1) is 27.1. The van der Waals surface area contributed by atoms with E-state index in [1.807, 2.05) is 13.8 Å². The van der Waals surface area contributed by atoms with E-state index in [1.165, 1.54) is 0 Å². The van der Waals surface area contributed by atoms with Crippen LogP contribution in [0.25, 0.3) is 0 Å². The maximum atomic E-state index is 14.4. The Bertz CT molecular complexity index is 1240. The molecule has 0 bridgehead atoms. The fraction of sp³-hybridized carbons (Fsp3) is 0.429. The molecular formula is C21H24F4O6S2. The summed E-state index contributed by atoms with van der Waals surface area (Å²) in [4.78, 5) is -2.70. The molecule has 33 heavy (non-hydrogen) atoms. The van der Waals surface area contributed by atoms with E-state index in [2.05, 4.69) is 4.18 Å². The van der Waals surface area contributed by atoms with Crippen molar-refractivity contribution in [2.45, 2.75) is 69.1 Å². The molecule has 0 aliphatic rings. The van der Waals surface area contributed by atoms with Crippen LogP contribution in [-0.4, -0.2) is 21.4 Å². The van der Waals surface area contributed by atoms with Gasteiger partial charge >= 0.3 is 20.2 Å². The first-order chi connectivity index (χ1) is 14.9. The van der Waals surface area contributed by atoms with Gasteiger partial charge in [-0.3, -0.25) is 4.55 Å². The Kier molecular flexibility index (Phi) is 7.57. The summed E-state index contributed by atoms with van der Waals surface area (Å²) in [5.74, 6) is -12.7. The van der Waals surface area contributed by atoms with Crippen molar-refractivity contribution in [2.24, 2.45) is 0 Å². The van der Waals surface area contributed by atoms with Crippen LogP contribution in [0.5, 0.6) is 5.75 Å². The summed E-state index contributed by atoms with van der Waals surface area (Å²) >= 11 is 0. The van der Waals surface area contributed by atoms with Crippen molar-refractivity contribution in [3.8, 4) is 5.75 Å². The van der Waals surface area contributed by atoms with Crippen LogP contribution in [0.4, 0.5) is 17.6 Å². The molecule has 0 heterocycles. The van der Waals surface area contributed by atoms with Gasteiger partial charge in [0.1, 0.15) is 4.90 Å². The van der Waals surface area contributed by atoms with Crippen LogP contribution in [-0.2, 0) is 20.2 Å². The lowest BCUT2D eigenvalue weighted by molar-refractivity contribution is 0.364. The normalized spacial score (nSPS) is 12.8. The fourth-order valence-electron chi connectivity index (χ4n) is 3.22. The number of halogens is 4. The van der Waals surface area contributed by atoms with Crippen molar-refractivity contribution >= 4 is 20.2 Å². The SMILES string of the molecule is CC(C)c1cc(C(C)C)c(S(=O)(=O)Oc2c(F)c(F)c(S(=O)(=O)O)c(F)c2F)c(C(C)C)c1. The molecule has 2 rings (SSSR count). The predicted molar refractivity (Wildman–Crippen MR) is 113 cm³/mol. The highest BCUT2D eigenvalue weighted by Gasteiger charge is 2.37. The number of benzene rings is 2. The smallest absolute Gasteiger partial charge is 0.339 e. The third kappa shape index (κ3) is 5.17. The van der Waals surface area contributed by atoms with Crippen molar-refractivity contribution in [1.82, 2.24) is 0 Å². The van der Waals surface area contributed by atoms with E-state index in [-0.39, 0.29) is 28.9 Å². The predicted octanol–water partition coefficient (Wildman–Crippen LogP) is 5.63. The molecule has 1 N–H and O–H groups in total. The highest BCUT2D eigenvalue weighted by Crippen LogP contribution is 2.39. The molecule has 0 fully saturated rings. The van der Waals surface area contributed by atoms with Gasteiger partial charge in [0.2, 0.25) is 17.4 Å². The summed E-state index contributed by atoms with van der Waals surface area (Å²) in [7, 11) is -10.8. The minimum Gasteiger partial charge on any atom is -0.372 e. The quantitative estimate of drug-likeness (QED) is 0.224. The fourth-order valence-corrected chi connectivity index (χ4v) is 5.47. The molecule has 0 unspecified atom stereocenters. The Hall–Kier alpha value is -2.18. The second-order valence-corrected chi connectivity index (χ2v) is 11.3. The van der Waals surface area contributed by atoms with Gasteiger partial charge < -0.3 is 4.18 Å². The zero-order valence-corrected chi connectivity index (χ0v) is 20.3. The van der Waals surface area contributed by atoms with Gasteiger partial charge in [-0.15, -0.1) is 0 Å². The molecule has 184 valence electrons. The van der Waals surface area contributed by atoms with Gasteiger partial charge in [-0.1, -0.05) is 53.7 Å². The minimum atomic E-state index is -5.71. The van der Waals surface area contributed by atoms with Crippen molar-refractivity contribution in [3.63, 3.8) is 0 Å². The van der Waals surface area contributed by atoms with Gasteiger partial charge in [0, 0.05) is 0 Å². The number of hydrogen-bond donors (Lipinski definition) is 1. The van der Waals surface area contributed by atoms with Gasteiger partial charge in [-0.25, -0.2) is 8.78 Å². The van der Waals surface area contributed by atoms with Crippen molar-refractivity contribution in [3.05, 3.63) is 52.1 Å². The molecule has 2 aromatic rings. The molecule has 0 atom stereocenters. The second-order valence-electron chi connectivity index (χ2n) is 8.42. The molecule has 6 nitrogen and oxygen atoms in total. The van der Waals surface area contributed by atoms with Crippen LogP contribution in [0.15, 0.2) is 21.9 Å². The standard InChI is InChI=1S/C21H24F4O6S2/c1-9(2)12-7-13(10(3)4)20(14(8-12)11(5)6)33(29,30)31-19-15(22)17(24)21(32(26,27)28)18(25)16(19)23/h7-11H,1-6H3,(H,26,27,28). The Balaban J connectivity index is 2.86. The van der Waals surface area contributed by atoms with E-state index >= 15 is 0 Å². The molecule has 0 aliphatic carbocycles. The van der Waals surface area contributed by atoms with Gasteiger partial charge in [0.05, 0.1) is 0 Å². The lowest BCUT2D eigenvalue weighted by atomic mass is 9.89.